The van der Waals surface area contributed by atoms with Crippen LogP contribution >= 0.6 is 0 Å². The number of hydrogen-bond donors (Lipinski definition) is 3. The summed E-state index contributed by atoms with van der Waals surface area (Å²) in [6.45, 7) is 1.71. The van der Waals surface area contributed by atoms with Crippen LogP contribution in [-0.2, 0) is 9.59 Å². The number of hydrogen-bond acceptors (Lipinski definition) is 3. The van der Waals surface area contributed by atoms with Crippen LogP contribution in [-0.4, -0.2) is 36.2 Å². The van der Waals surface area contributed by atoms with E-state index in [2.05, 4.69) is 5.32 Å². The number of carbonyl (C=O) groups excluding carboxylic acids is 1. The van der Waals surface area contributed by atoms with E-state index >= 15 is 0 Å². The Bertz CT molecular complexity index is 236. The molecule has 1 saturated heterocycles. The molecule has 1 fully saturated rings. The number of nitrogens with two attached hydrogens (primary N) is 1. The van der Waals surface area contributed by atoms with E-state index < -0.39 is 12.1 Å². The molecule has 0 radical (unpaired) electrons. The molecule has 0 spiro atoms. The maximum atomic E-state index is 10.6. The Kier molecular flexibility index (Phi) is 5.06. The lowest BCUT2D eigenvalue weighted by Crippen LogP contribution is -2.24. The fourth-order valence-electron chi connectivity index (χ4n) is 0.897. The van der Waals surface area contributed by atoms with Crippen LogP contribution in [0.2, 0.25) is 0 Å². The smallest absolute Gasteiger partial charge is 0.475 e. The van der Waals surface area contributed by atoms with Gasteiger partial charge in [0.25, 0.3) is 0 Å². The van der Waals surface area contributed by atoms with Gasteiger partial charge in [-0.05, 0) is 13.0 Å². The van der Waals surface area contributed by atoms with Gasteiger partial charge in [0.2, 0.25) is 5.91 Å². The first-order valence-corrected chi connectivity index (χ1v) is 4.05. The predicted octanol–water partition coefficient (Wildman–Crippen LogP) is -0.286. The quantitative estimate of drug-likeness (QED) is 0.575. The van der Waals surface area contributed by atoms with Crippen LogP contribution in [0.1, 0.15) is 6.42 Å². The van der Waals surface area contributed by atoms with E-state index in [4.69, 9.17) is 15.6 Å². The first kappa shape index (κ1) is 13.7. The zero-order chi connectivity index (χ0) is 12.1. The number of alkyl halides is 3. The molecular formula is C7H11F3N2O3. The highest BCUT2D eigenvalue weighted by atomic mass is 19.4. The van der Waals surface area contributed by atoms with Gasteiger partial charge in [0, 0.05) is 6.54 Å². The summed E-state index contributed by atoms with van der Waals surface area (Å²) in [5.41, 5.74) is 5.02. The Morgan fingerprint density at radius 3 is 2.00 bits per heavy atom. The van der Waals surface area contributed by atoms with Gasteiger partial charge < -0.3 is 16.2 Å². The average Bonchev–Trinajstić information content (AvgIpc) is 2.54. The molecule has 4 N–H and O–H groups in total. The number of carbonyl (C=O) groups is 2. The van der Waals surface area contributed by atoms with Crippen LogP contribution in [0.3, 0.4) is 0 Å². The van der Waals surface area contributed by atoms with Crippen molar-refractivity contribution in [1.82, 2.24) is 5.32 Å². The van der Waals surface area contributed by atoms with Crippen LogP contribution in [0.4, 0.5) is 13.2 Å². The number of carboxylic acid groups (broad SMARTS) is 1. The molecular weight excluding hydrogens is 217 g/mol. The van der Waals surface area contributed by atoms with Crippen molar-refractivity contribution in [2.45, 2.75) is 12.6 Å². The van der Waals surface area contributed by atoms with E-state index in [1.54, 1.807) is 0 Å². The minimum absolute atomic E-state index is 0.0926. The van der Waals surface area contributed by atoms with Crippen molar-refractivity contribution in [3.63, 3.8) is 0 Å². The summed E-state index contributed by atoms with van der Waals surface area (Å²) in [6.07, 6.45) is -4.17. The van der Waals surface area contributed by atoms with E-state index in [1.165, 1.54) is 0 Å². The molecule has 5 nitrogen and oxygen atoms in total. The summed E-state index contributed by atoms with van der Waals surface area (Å²) in [6, 6.07) is 0. The molecule has 0 bridgehead atoms. The zero-order valence-corrected chi connectivity index (χ0v) is 7.67. The normalized spacial score (nSPS) is 20.3. The Balaban J connectivity index is 0.000000265. The second kappa shape index (κ2) is 5.54. The molecule has 1 aliphatic rings. The molecule has 0 unspecified atom stereocenters. The number of nitrogens with one attached hydrogen (secondary N) is 1. The molecule has 0 aromatic rings. The third-order valence-corrected chi connectivity index (χ3v) is 1.71. The molecule has 1 aliphatic heterocycles. The highest BCUT2D eigenvalue weighted by Crippen LogP contribution is 2.13. The minimum atomic E-state index is -5.08. The van der Waals surface area contributed by atoms with Gasteiger partial charge in [-0.1, -0.05) is 0 Å². The minimum Gasteiger partial charge on any atom is -0.475 e. The van der Waals surface area contributed by atoms with Gasteiger partial charge in [-0.15, -0.1) is 0 Å². The number of carboxylic acids is 1. The van der Waals surface area contributed by atoms with E-state index in [9.17, 15) is 18.0 Å². The maximum absolute atomic E-state index is 10.6. The maximum Gasteiger partial charge on any atom is 0.490 e. The van der Waals surface area contributed by atoms with Gasteiger partial charge in [0.05, 0.1) is 5.92 Å². The molecule has 1 atom stereocenters. The summed E-state index contributed by atoms with van der Waals surface area (Å²) < 4.78 is 31.7. The SMILES string of the molecule is NC(=O)[C@H]1CCNC1.O=C(O)C(F)(F)F. The van der Waals surface area contributed by atoms with E-state index in [0.717, 1.165) is 19.5 Å². The van der Waals surface area contributed by atoms with Gasteiger partial charge in [-0.25, -0.2) is 4.79 Å². The Morgan fingerprint density at radius 2 is 1.87 bits per heavy atom. The fourth-order valence-corrected chi connectivity index (χ4v) is 0.897. The van der Waals surface area contributed by atoms with E-state index in [0.29, 0.717) is 0 Å². The van der Waals surface area contributed by atoms with Crippen molar-refractivity contribution in [2.24, 2.45) is 11.7 Å². The zero-order valence-electron chi connectivity index (χ0n) is 7.67. The second-order valence-electron chi connectivity index (χ2n) is 2.90. The van der Waals surface area contributed by atoms with Crippen LogP contribution < -0.4 is 11.1 Å². The number of rotatable bonds is 1. The lowest BCUT2D eigenvalue weighted by Gasteiger charge is -1.98. The lowest BCUT2D eigenvalue weighted by molar-refractivity contribution is -0.192. The summed E-state index contributed by atoms with van der Waals surface area (Å²) >= 11 is 0. The van der Waals surface area contributed by atoms with Gasteiger partial charge in [0.1, 0.15) is 0 Å². The summed E-state index contributed by atoms with van der Waals surface area (Å²) in [7, 11) is 0. The molecule has 15 heavy (non-hydrogen) atoms. The van der Waals surface area contributed by atoms with E-state index in [-0.39, 0.29) is 11.8 Å². The van der Waals surface area contributed by atoms with Crippen molar-refractivity contribution < 1.29 is 27.9 Å². The number of primary amides is 1. The summed E-state index contributed by atoms with van der Waals surface area (Å²) in [5, 5.41) is 10.2. The first-order valence-electron chi connectivity index (χ1n) is 4.05. The molecule has 88 valence electrons. The number of amides is 1. The van der Waals surface area contributed by atoms with Crippen LogP contribution in [0, 0.1) is 5.92 Å². The molecule has 0 aromatic heterocycles. The Labute approximate surface area is 83.4 Å². The fraction of sp³-hybridized carbons (Fsp3) is 0.714. The van der Waals surface area contributed by atoms with Gasteiger partial charge in [-0.2, -0.15) is 13.2 Å². The Hall–Kier alpha value is -1.31. The van der Waals surface area contributed by atoms with Gasteiger partial charge >= 0.3 is 12.1 Å². The molecule has 8 heteroatoms. The summed E-state index contributed by atoms with van der Waals surface area (Å²) in [5.74, 6) is -2.84. The van der Waals surface area contributed by atoms with Crippen molar-refractivity contribution >= 4 is 11.9 Å². The number of aliphatic carboxylic acids is 1. The van der Waals surface area contributed by atoms with Crippen LogP contribution in [0.5, 0.6) is 0 Å². The third-order valence-electron chi connectivity index (χ3n) is 1.71. The molecule has 0 saturated carbocycles. The predicted molar refractivity (Wildman–Crippen MR) is 43.9 cm³/mol. The molecule has 1 heterocycles. The Morgan fingerprint density at radius 1 is 1.40 bits per heavy atom. The first-order chi connectivity index (χ1) is 6.75. The third kappa shape index (κ3) is 5.89. The van der Waals surface area contributed by atoms with Crippen molar-refractivity contribution in [3.05, 3.63) is 0 Å². The van der Waals surface area contributed by atoms with Crippen molar-refractivity contribution in [1.29, 1.82) is 0 Å². The molecule has 1 amide bonds. The van der Waals surface area contributed by atoms with Crippen LogP contribution in [0.25, 0.3) is 0 Å². The van der Waals surface area contributed by atoms with Gasteiger partial charge in [-0.3, -0.25) is 4.79 Å². The highest BCUT2D eigenvalue weighted by molar-refractivity contribution is 5.77. The van der Waals surface area contributed by atoms with E-state index in [1.807, 2.05) is 0 Å². The molecule has 0 aromatic carbocycles. The molecule has 1 rings (SSSR count). The topological polar surface area (TPSA) is 92.4 Å². The van der Waals surface area contributed by atoms with Gasteiger partial charge in [0.15, 0.2) is 0 Å². The highest BCUT2D eigenvalue weighted by Gasteiger charge is 2.38. The molecule has 0 aliphatic carbocycles. The van der Waals surface area contributed by atoms with Crippen molar-refractivity contribution in [3.8, 4) is 0 Å². The number of halogens is 3. The van der Waals surface area contributed by atoms with Crippen LogP contribution in [0.15, 0.2) is 0 Å². The van der Waals surface area contributed by atoms with Crippen molar-refractivity contribution in [2.75, 3.05) is 13.1 Å². The second-order valence-corrected chi connectivity index (χ2v) is 2.90. The standard InChI is InChI=1S/C5H10N2O.C2HF3O2/c6-5(8)4-1-2-7-3-4;3-2(4,5)1(6)7/h4,7H,1-3H2,(H2,6,8);(H,6,7)/t4-;/m0./s1. The monoisotopic (exact) mass is 228 g/mol. The lowest BCUT2D eigenvalue weighted by atomic mass is 10.1. The average molecular weight is 228 g/mol. The largest absolute Gasteiger partial charge is 0.490 e. The summed E-state index contributed by atoms with van der Waals surface area (Å²) in [4.78, 5) is 19.3.